The van der Waals surface area contributed by atoms with E-state index >= 15 is 0 Å². The molecule has 4 nitrogen and oxygen atoms in total. The summed E-state index contributed by atoms with van der Waals surface area (Å²) >= 11 is 1.88. The van der Waals surface area contributed by atoms with Gasteiger partial charge in [-0.05, 0) is 65.9 Å². The molecule has 0 radical (unpaired) electrons. The standard InChI is InChI=1S/C49H36N4S/c1-2-3-13-32-22-27-39-40-28-29-44-45(41-20-10-11-21-43(41)54-44)46(40)53(42(39)30-32)38-25-23-33(24-26-38)36-18-12-19-37(31-36)49-51-47(34-14-6-4-7-15-34)50-48(52-49)35-16-8-5-9-17-35/h4-12,14-31H,2-3,13H2,1H3. The van der Waals surface area contributed by atoms with Crippen molar-refractivity contribution in [2.45, 2.75) is 26.2 Å². The first kappa shape index (κ1) is 32.2. The van der Waals surface area contributed by atoms with E-state index in [0.717, 1.165) is 39.9 Å². The van der Waals surface area contributed by atoms with E-state index < -0.39 is 0 Å². The molecule has 0 saturated heterocycles. The predicted molar refractivity (Wildman–Crippen MR) is 227 cm³/mol. The number of benzene rings is 7. The van der Waals surface area contributed by atoms with E-state index in [1.165, 1.54) is 60.4 Å². The molecule has 0 spiro atoms. The molecule has 0 fully saturated rings. The lowest BCUT2D eigenvalue weighted by Crippen LogP contribution is -2.00. The summed E-state index contributed by atoms with van der Waals surface area (Å²) in [5.41, 5.74) is 10.2. The molecule has 258 valence electrons. The lowest BCUT2D eigenvalue weighted by atomic mass is 10.0. The van der Waals surface area contributed by atoms with Gasteiger partial charge in [0.15, 0.2) is 17.5 Å². The summed E-state index contributed by atoms with van der Waals surface area (Å²) in [6, 6.07) is 58.4. The molecule has 0 N–H and O–H groups in total. The molecule has 0 amide bonds. The van der Waals surface area contributed by atoms with Gasteiger partial charge in [0.2, 0.25) is 0 Å². The molecule has 0 saturated carbocycles. The number of aryl methyl sites for hydroxylation is 1. The van der Waals surface area contributed by atoms with Gasteiger partial charge >= 0.3 is 0 Å². The predicted octanol–water partition coefficient (Wildman–Crippen LogP) is 13.3. The Bertz CT molecular complexity index is 2900. The summed E-state index contributed by atoms with van der Waals surface area (Å²) in [4.78, 5) is 14.9. The molecule has 0 aliphatic heterocycles. The van der Waals surface area contributed by atoms with Gasteiger partial charge in [0.25, 0.3) is 0 Å². The molecule has 0 atom stereocenters. The highest BCUT2D eigenvalue weighted by Crippen LogP contribution is 2.43. The maximum absolute atomic E-state index is 4.98. The molecule has 0 bridgehead atoms. The minimum absolute atomic E-state index is 0.650. The quantitative estimate of drug-likeness (QED) is 0.158. The second-order valence-electron chi connectivity index (χ2n) is 13.9. The van der Waals surface area contributed by atoms with Crippen molar-refractivity contribution in [1.29, 1.82) is 0 Å². The molecule has 54 heavy (non-hydrogen) atoms. The van der Waals surface area contributed by atoms with E-state index in [9.17, 15) is 0 Å². The molecule has 3 aromatic heterocycles. The first-order valence-corrected chi connectivity index (χ1v) is 19.5. The molecule has 0 aliphatic rings. The van der Waals surface area contributed by atoms with Crippen LogP contribution in [0.15, 0.2) is 164 Å². The topological polar surface area (TPSA) is 43.6 Å². The van der Waals surface area contributed by atoms with E-state index in [-0.39, 0.29) is 0 Å². The van der Waals surface area contributed by atoms with Gasteiger partial charge in [-0.25, -0.2) is 15.0 Å². The number of rotatable bonds is 8. The number of fused-ring (bicyclic) bond motifs is 7. The van der Waals surface area contributed by atoms with Crippen LogP contribution in [0.5, 0.6) is 0 Å². The smallest absolute Gasteiger partial charge is 0.164 e. The minimum Gasteiger partial charge on any atom is -0.309 e. The Labute approximate surface area is 318 Å². The molecule has 10 rings (SSSR count). The minimum atomic E-state index is 0.650. The van der Waals surface area contributed by atoms with Gasteiger partial charge in [-0.15, -0.1) is 11.3 Å². The van der Waals surface area contributed by atoms with Gasteiger partial charge in [-0.2, -0.15) is 0 Å². The van der Waals surface area contributed by atoms with Crippen LogP contribution in [-0.4, -0.2) is 19.5 Å². The molecule has 0 unspecified atom stereocenters. The normalized spacial score (nSPS) is 11.6. The Balaban J connectivity index is 1.10. The zero-order valence-electron chi connectivity index (χ0n) is 29.9. The van der Waals surface area contributed by atoms with E-state index in [0.29, 0.717) is 17.5 Å². The third kappa shape index (κ3) is 5.65. The first-order valence-electron chi connectivity index (χ1n) is 18.7. The molecule has 10 aromatic rings. The van der Waals surface area contributed by atoms with Crippen LogP contribution in [0.2, 0.25) is 0 Å². The van der Waals surface area contributed by atoms with Crippen molar-refractivity contribution in [2.75, 3.05) is 0 Å². The van der Waals surface area contributed by atoms with E-state index in [1.54, 1.807) is 0 Å². The van der Waals surface area contributed by atoms with Crippen molar-refractivity contribution in [1.82, 2.24) is 19.5 Å². The lowest BCUT2D eigenvalue weighted by molar-refractivity contribution is 0.795. The number of hydrogen-bond donors (Lipinski definition) is 0. The average Bonchev–Trinajstić information content (AvgIpc) is 3.79. The van der Waals surface area contributed by atoms with Crippen LogP contribution in [0.25, 0.3) is 93.0 Å². The molecular weight excluding hydrogens is 677 g/mol. The van der Waals surface area contributed by atoms with Gasteiger partial charge in [0, 0.05) is 53.3 Å². The van der Waals surface area contributed by atoms with E-state index in [1.807, 2.05) is 72.0 Å². The molecular formula is C49H36N4S. The second-order valence-corrected chi connectivity index (χ2v) is 15.0. The van der Waals surface area contributed by atoms with Crippen molar-refractivity contribution < 1.29 is 0 Å². The van der Waals surface area contributed by atoms with Crippen LogP contribution in [-0.2, 0) is 6.42 Å². The second kappa shape index (κ2) is 13.5. The summed E-state index contributed by atoms with van der Waals surface area (Å²) in [6.45, 7) is 2.26. The third-order valence-corrected chi connectivity index (χ3v) is 11.6. The van der Waals surface area contributed by atoms with Crippen LogP contribution >= 0.6 is 11.3 Å². The first-order chi connectivity index (χ1) is 26.7. The fourth-order valence-electron chi connectivity index (χ4n) is 7.74. The SMILES string of the molecule is CCCCc1ccc2c3ccc4sc5ccccc5c4c3n(-c3ccc(-c4cccc(-c5nc(-c6ccccc6)nc(-c6ccccc6)n5)c4)cc3)c2c1. The van der Waals surface area contributed by atoms with Crippen LogP contribution in [0, 0.1) is 0 Å². The van der Waals surface area contributed by atoms with Crippen LogP contribution in [0.4, 0.5) is 0 Å². The van der Waals surface area contributed by atoms with Gasteiger partial charge in [-0.3, -0.25) is 0 Å². The van der Waals surface area contributed by atoms with Gasteiger partial charge in [0.05, 0.1) is 11.0 Å². The zero-order chi connectivity index (χ0) is 36.0. The van der Waals surface area contributed by atoms with Gasteiger partial charge < -0.3 is 4.57 Å². The highest BCUT2D eigenvalue weighted by molar-refractivity contribution is 7.26. The number of thiophene rings is 1. The molecule has 7 aromatic carbocycles. The monoisotopic (exact) mass is 712 g/mol. The summed E-state index contributed by atoms with van der Waals surface area (Å²) in [7, 11) is 0. The zero-order valence-corrected chi connectivity index (χ0v) is 30.7. The Morgan fingerprint density at radius 2 is 1.11 bits per heavy atom. The highest BCUT2D eigenvalue weighted by Gasteiger charge is 2.19. The summed E-state index contributed by atoms with van der Waals surface area (Å²) in [6.07, 6.45) is 3.45. The molecule has 3 heterocycles. The van der Waals surface area contributed by atoms with Gasteiger partial charge in [0.1, 0.15) is 0 Å². The van der Waals surface area contributed by atoms with E-state index in [2.05, 4.69) is 115 Å². The van der Waals surface area contributed by atoms with Crippen LogP contribution in [0.1, 0.15) is 25.3 Å². The Morgan fingerprint density at radius 3 is 1.83 bits per heavy atom. The number of unbranched alkanes of at least 4 members (excludes halogenated alkanes) is 1. The Morgan fingerprint density at radius 1 is 0.481 bits per heavy atom. The van der Waals surface area contributed by atoms with Crippen molar-refractivity contribution in [3.63, 3.8) is 0 Å². The molecule has 5 heteroatoms. The van der Waals surface area contributed by atoms with Crippen molar-refractivity contribution in [3.05, 3.63) is 169 Å². The van der Waals surface area contributed by atoms with Crippen molar-refractivity contribution in [2.24, 2.45) is 0 Å². The maximum Gasteiger partial charge on any atom is 0.164 e. The van der Waals surface area contributed by atoms with Crippen LogP contribution < -0.4 is 0 Å². The number of aromatic nitrogens is 4. The fraction of sp³-hybridized carbons (Fsp3) is 0.0816. The van der Waals surface area contributed by atoms with Crippen molar-refractivity contribution >= 4 is 53.3 Å². The maximum atomic E-state index is 4.98. The third-order valence-electron chi connectivity index (χ3n) is 10.4. The summed E-state index contributed by atoms with van der Waals surface area (Å²) in [5, 5.41) is 5.23. The fourth-order valence-corrected chi connectivity index (χ4v) is 8.85. The van der Waals surface area contributed by atoms with Crippen molar-refractivity contribution in [3.8, 4) is 51.0 Å². The largest absolute Gasteiger partial charge is 0.309 e. The molecule has 0 aliphatic carbocycles. The number of nitrogens with zero attached hydrogens (tertiary/aromatic N) is 4. The Hall–Kier alpha value is -6.43. The lowest BCUT2D eigenvalue weighted by Gasteiger charge is -2.12. The van der Waals surface area contributed by atoms with Gasteiger partial charge in [-0.1, -0.05) is 141 Å². The average molecular weight is 713 g/mol. The highest BCUT2D eigenvalue weighted by atomic mass is 32.1. The summed E-state index contributed by atoms with van der Waals surface area (Å²) in [5.74, 6) is 1.97. The van der Waals surface area contributed by atoms with Crippen LogP contribution in [0.3, 0.4) is 0 Å². The summed E-state index contributed by atoms with van der Waals surface area (Å²) < 4.78 is 5.14. The Kier molecular flexibility index (Phi) is 8.07. The number of hydrogen-bond acceptors (Lipinski definition) is 4. The van der Waals surface area contributed by atoms with E-state index in [4.69, 9.17) is 15.0 Å².